The Kier molecular flexibility index (Phi) is 21.8. The molecule has 2 N–H and O–H groups in total. The zero-order valence-corrected chi connectivity index (χ0v) is 39.2. The molecule has 2 bridgehead atoms. The molecule has 349 valence electrons. The number of rotatable bonds is 5. The van der Waals surface area contributed by atoms with Crippen LogP contribution in [0.25, 0.3) is 0 Å². The summed E-state index contributed by atoms with van der Waals surface area (Å²) in [6.45, 7) is 13.7. The van der Waals surface area contributed by atoms with Crippen LogP contribution in [0.5, 0.6) is 0 Å². The number of nitriles is 1. The molecule has 5 aliphatic carbocycles. The van der Waals surface area contributed by atoms with E-state index in [1.807, 2.05) is 65.2 Å². The highest BCUT2D eigenvalue weighted by molar-refractivity contribution is 6.10. The van der Waals surface area contributed by atoms with Crippen LogP contribution >= 0.6 is 0 Å². The van der Waals surface area contributed by atoms with Crippen molar-refractivity contribution >= 4 is 35.7 Å². The van der Waals surface area contributed by atoms with Crippen LogP contribution in [-0.4, -0.2) is 41.6 Å². The number of fused-ring (bicyclic) bond motifs is 4. The number of carbonyl (C=O) groups is 5. The van der Waals surface area contributed by atoms with E-state index in [9.17, 15) is 23.6 Å². The van der Waals surface area contributed by atoms with Crippen molar-refractivity contribution in [3.63, 3.8) is 0 Å². The summed E-state index contributed by atoms with van der Waals surface area (Å²) < 4.78 is 13.5. The number of Topliss-reactive ketones (excluding diaryl/α,β-unsaturated/α-hetero) is 2. The van der Waals surface area contributed by atoms with Crippen LogP contribution in [0, 0.1) is 59.1 Å². The number of nitrogens with zero attached hydrogens (tertiary/aromatic N) is 1. The second kappa shape index (κ2) is 26.4. The predicted molar refractivity (Wildman–Crippen MR) is 262 cm³/mol. The van der Waals surface area contributed by atoms with Crippen molar-refractivity contribution in [3.8, 4) is 18.4 Å². The summed E-state index contributed by atoms with van der Waals surface area (Å²) in [6, 6.07) is 14.3. The lowest BCUT2D eigenvalue weighted by Gasteiger charge is -2.30. The number of nitrogens with one attached hydrogen (secondary N) is 2. The van der Waals surface area contributed by atoms with Crippen molar-refractivity contribution in [2.45, 2.75) is 156 Å². The SMILES string of the molecule is C#CC1(C)CC1.C=O.CC.CC.CC(=O)[C@@]12C[C@H]1/C=C\CCCCC[C@H](Nc1ccc(C#N)cc1)C(=O)CC1CCC[C@H](C1)C(=O)N2.O=C(/C=C1/CCc2c(F)cccc2C1)C1=C[CH]1.[HH].[HH].[HH]. The zero-order chi connectivity index (χ0) is 47.3. The third-order valence-corrected chi connectivity index (χ3v) is 12.7. The highest BCUT2D eigenvalue weighted by atomic mass is 19.1. The molecule has 8 nitrogen and oxygen atoms in total. The van der Waals surface area contributed by atoms with Crippen LogP contribution in [0.3, 0.4) is 0 Å². The number of halogens is 1. The van der Waals surface area contributed by atoms with E-state index in [0.29, 0.717) is 43.1 Å². The van der Waals surface area contributed by atoms with Crippen molar-refractivity contribution < 1.29 is 32.6 Å². The van der Waals surface area contributed by atoms with Crippen LogP contribution in [0.1, 0.15) is 152 Å². The van der Waals surface area contributed by atoms with Crippen molar-refractivity contribution in [1.29, 1.82) is 5.26 Å². The molecule has 8 rings (SSSR count). The third-order valence-electron chi connectivity index (χ3n) is 12.7. The van der Waals surface area contributed by atoms with Gasteiger partial charge in [0.25, 0.3) is 0 Å². The summed E-state index contributed by atoms with van der Waals surface area (Å²) in [6.07, 6.45) is 28.7. The molecule has 6 aliphatic rings. The molecule has 0 saturated heterocycles. The fraction of sp³-hybridized carbons (Fsp3) is 0.509. The Hall–Kier alpha value is -5.41. The number of amides is 1. The van der Waals surface area contributed by atoms with E-state index in [1.165, 1.54) is 18.9 Å². The second-order valence-corrected chi connectivity index (χ2v) is 17.4. The average Bonchev–Trinajstić information content (AvgIpc) is 4.24. The van der Waals surface area contributed by atoms with Gasteiger partial charge in [-0.3, -0.25) is 19.2 Å². The minimum absolute atomic E-state index is 0. The van der Waals surface area contributed by atoms with E-state index in [-0.39, 0.29) is 57.1 Å². The topological polar surface area (TPSA) is 133 Å². The molecule has 5 atom stereocenters. The smallest absolute Gasteiger partial charge is 0.223 e. The van der Waals surface area contributed by atoms with Crippen LogP contribution in [0.4, 0.5) is 10.1 Å². The fourth-order valence-corrected chi connectivity index (χ4v) is 8.42. The number of ketones is 3. The first-order chi connectivity index (χ1) is 30.9. The Morgan fingerprint density at radius 3 is 2.30 bits per heavy atom. The van der Waals surface area contributed by atoms with Gasteiger partial charge in [-0.15, -0.1) is 12.3 Å². The molecule has 1 amide bonds. The molecule has 2 aromatic carbocycles. The second-order valence-electron chi connectivity index (χ2n) is 17.4. The lowest BCUT2D eigenvalue weighted by Crippen LogP contribution is -2.47. The maximum Gasteiger partial charge on any atom is 0.223 e. The Balaban J connectivity index is 0.00000113. The molecule has 1 radical (unpaired) electrons. The highest BCUT2D eigenvalue weighted by Gasteiger charge is 2.58. The van der Waals surface area contributed by atoms with Gasteiger partial charge in [0.15, 0.2) is 17.3 Å². The van der Waals surface area contributed by atoms with E-state index >= 15 is 0 Å². The Morgan fingerprint density at radius 2 is 1.69 bits per heavy atom. The van der Waals surface area contributed by atoms with Crippen molar-refractivity contribution in [2.75, 3.05) is 5.32 Å². The van der Waals surface area contributed by atoms with Gasteiger partial charge < -0.3 is 15.4 Å². The fourth-order valence-electron chi connectivity index (χ4n) is 8.42. The summed E-state index contributed by atoms with van der Waals surface area (Å²) in [5.74, 6) is 3.05. The molecular formula is C55H77FN3O5. The standard InChI is InChI=1S/C29H37N3O3.C15H12FO.C6H8.2C2H6.CH2O.3H2/c1-20(33)29-18-24(29)10-5-3-2-4-6-11-26(31-25-14-12-21(19-30)13-15-25)27(34)17-22-8-7-9-23(16-22)28(35)32-29;16-14-3-1-2-12-8-10(4-7-13(12)14)9-15(17)11-5-6-11;1-3-6(2)4-5-6;3*1-2;;;/h5,10,12-15,22-24,26,31H,2-4,6-9,11,16-18H2,1H3,(H,32,35);1-3,5-6,9H,4,7-8H2;1H,4-5H2,2H3;2*1-2H3;1H2;3*1H/b10-5-;10-9-;;;;;;;/t22?,23-,24-,26+,29+;;;;;;;;/m1......../s1. The van der Waals surface area contributed by atoms with E-state index in [4.69, 9.17) is 16.5 Å². The number of hydrogen-bond acceptors (Lipinski definition) is 7. The maximum atomic E-state index is 13.5. The van der Waals surface area contributed by atoms with Crippen LogP contribution in [0.15, 0.2) is 77.9 Å². The molecule has 1 unspecified atom stereocenters. The molecular weight excluding hydrogens is 802 g/mol. The first-order valence-electron chi connectivity index (χ1n) is 23.5. The molecule has 0 spiro atoms. The van der Waals surface area contributed by atoms with E-state index in [0.717, 1.165) is 85.7 Å². The van der Waals surface area contributed by atoms with Crippen molar-refractivity contribution in [1.82, 2.24) is 5.32 Å². The van der Waals surface area contributed by atoms with Gasteiger partial charge in [-0.25, -0.2) is 4.39 Å². The first-order valence-corrected chi connectivity index (χ1v) is 23.5. The van der Waals surface area contributed by atoms with Crippen LogP contribution in [0.2, 0.25) is 0 Å². The molecule has 64 heavy (non-hydrogen) atoms. The van der Waals surface area contributed by atoms with Gasteiger partial charge in [-0.05, 0) is 144 Å². The highest BCUT2D eigenvalue weighted by Crippen LogP contribution is 2.46. The normalized spacial score (nSPS) is 25.8. The average molecular weight is 879 g/mol. The third kappa shape index (κ3) is 16.0. The van der Waals surface area contributed by atoms with Gasteiger partial charge in [-0.1, -0.05) is 82.9 Å². The number of hydrogen-bond donors (Lipinski definition) is 2. The van der Waals surface area contributed by atoms with Gasteiger partial charge in [0.2, 0.25) is 5.91 Å². The van der Waals surface area contributed by atoms with E-state index in [1.54, 1.807) is 31.2 Å². The molecule has 1 aliphatic heterocycles. The monoisotopic (exact) mass is 879 g/mol. The quantitative estimate of drug-likeness (QED) is 0.174. The van der Waals surface area contributed by atoms with E-state index in [2.05, 4.69) is 41.7 Å². The lowest BCUT2D eigenvalue weighted by molar-refractivity contribution is -0.132. The summed E-state index contributed by atoms with van der Waals surface area (Å²) in [7, 11) is 0. The Labute approximate surface area is 387 Å². The Bertz CT molecular complexity index is 2080. The van der Waals surface area contributed by atoms with Crippen LogP contribution < -0.4 is 10.6 Å². The van der Waals surface area contributed by atoms with Gasteiger partial charge in [0, 0.05) is 45.6 Å². The number of allylic oxidation sites excluding steroid dienone is 5. The molecule has 1 heterocycles. The van der Waals surface area contributed by atoms with E-state index < -0.39 is 5.54 Å². The van der Waals surface area contributed by atoms with Gasteiger partial charge in [-0.2, -0.15) is 5.26 Å². The van der Waals surface area contributed by atoms with Crippen molar-refractivity contribution in [3.05, 3.63) is 107 Å². The summed E-state index contributed by atoms with van der Waals surface area (Å²) >= 11 is 0. The lowest BCUT2D eigenvalue weighted by atomic mass is 9.77. The van der Waals surface area contributed by atoms with Gasteiger partial charge in [0.1, 0.15) is 18.1 Å². The number of anilines is 1. The predicted octanol–water partition coefficient (Wildman–Crippen LogP) is 12.1. The Morgan fingerprint density at radius 1 is 0.984 bits per heavy atom. The van der Waals surface area contributed by atoms with Crippen LogP contribution in [-0.2, 0) is 36.8 Å². The van der Waals surface area contributed by atoms with Gasteiger partial charge >= 0.3 is 0 Å². The molecule has 0 aromatic heterocycles. The van der Waals surface area contributed by atoms with Gasteiger partial charge in [0.05, 0.1) is 17.7 Å². The number of carbonyl (C=O) groups excluding carboxylic acids is 5. The molecule has 3 fully saturated rings. The largest absolute Gasteiger partial charge is 0.375 e. The summed E-state index contributed by atoms with van der Waals surface area (Å²) in [5.41, 5.74) is 4.78. The first kappa shape index (κ1) is 52.9. The molecule has 2 aromatic rings. The summed E-state index contributed by atoms with van der Waals surface area (Å²) in [4.78, 5) is 58.6. The number of benzene rings is 2. The minimum atomic E-state index is -0.722. The molecule has 9 heteroatoms. The van der Waals surface area contributed by atoms with Crippen molar-refractivity contribution in [2.24, 2.45) is 23.2 Å². The maximum absolute atomic E-state index is 13.5. The minimum Gasteiger partial charge on any atom is -0.375 e. The molecule has 3 saturated carbocycles. The summed E-state index contributed by atoms with van der Waals surface area (Å²) in [5, 5.41) is 15.6. The zero-order valence-electron chi connectivity index (χ0n) is 39.2. The number of terminal acetylenes is 1.